The van der Waals surface area contributed by atoms with E-state index in [4.69, 9.17) is 4.98 Å². The highest BCUT2D eigenvalue weighted by Crippen LogP contribution is 2.32. The molecule has 0 N–H and O–H groups in total. The number of fused-ring (bicyclic) bond motifs is 1. The van der Waals surface area contributed by atoms with E-state index in [1.807, 2.05) is 0 Å². The summed E-state index contributed by atoms with van der Waals surface area (Å²) in [5.74, 6) is 0.691. The molecule has 2 aromatic rings. The Morgan fingerprint density at radius 2 is 1.72 bits per heavy atom. The molecule has 0 radical (unpaired) electrons. The molecule has 0 amide bonds. The minimum atomic E-state index is 0.691. The highest BCUT2D eigenvalue weighted by atomic mass is 14.7. The zero-order valence-electron chi connectivity index (χ0n) is 11.2. The van der Waals surface area contributed by atoms with Gasteiger partial charge in [0.15, 0.2) is 0 Å². The monoisotopic (exact) mass is 239 g/mol. The van der Waals surface area contributed by atoms with Crippen LogP contribution in [0.2, 0.25) is 0 Å². The van der Waals surface area contributed by atoms with Gasteiger partial charge in [-0.05, 0) is 37.5 Å². The number of rotatable bonds is 1. The van der Waals surface area contributed by atoms with E-state index in [1.165, 1.54) is 55.2 Å². The number of hydrogen-bond acceptors (Lipinski definition) is 1. The average molecular weight is 239 g/mol. The molecule has 1 saturated carbocycles. The lowest BCUT2D eigenvalue weighted by Gasteiger charge is -2.15. The topological polar surface area (TPSA) is 12.9 Å². The van der Waals surface area contributed by atoms with Crippen LogP contribution in [0.5, 0.6) is 0 Å². The molecule has 94 valence electrons. The van der Waals surface area contributed by atoms with Gasteiger partial charge in [0.2, 0.25) is 0 Å². The Balaban J connectivity index is 2.01. The number of aromatic nitrogens is 1. The van der Waals surface area contributed by atoms with Crippen molar-refractivity contribution in [2.75, 3.05) is 0 Å². The molecule has 1 heterocycles. The van der Waals surface area contributed by atoms with E-state index in [0.29, 0.717) is 5.92 Å². The van der Waals surface area contributed by atoms with Gasteiger partial charge in [0, 0.05) is 17.0 Å². The van der Waals surface area contributed by atoms with Gasteiger partial charge in [-0.1, -0.05) is 43.9 Å². The smallest absolute Gasteiger partial charge is 0.0708 e. The minimum absolute atomic E-state index is 0.691. The van der Waals surface area contributed by atoms with Crippen molar-refractivity contribution in [3.8, 4) is 0 Å². The molecule has 0 bridgehead atoms. The summed E-state index contributed by atoms with van der Waals surface area (Å²) in [4.78, 5) is 4.90. The molecule has 1 aromatic carbocycles. The second-order valence-electron chi connectivity index (χ2n) is 5.57. The number of aryl methyl sites for hydroxylation is 1. The van der Waals surface area contributed by atoms with Crippen molar-refractivity contribution in [3.05, 3.63) is 41.6 Å². The highest BCUT2D eigenvalue weighted by molar-refractivity contribution is 5.82. The third-order valence-corrected chi connectivity index (χ3v) is 4.22. The number of benzene rings is 1. The molecular weight excluding hydrogens is 218 g/mol. The van der Waals surface area contributed by atoms with Crippen LogP contribution in [0.15, 0.2) is 30.3 Å². The first kappa shape index (κ1) is 11.7. The van der Waals surface area contributed by atoms with Gasteiger partial charge in [0.25, 0.3) is 0 Å². The van der Waals surface area contributed by atoms with Gasteiger partial charge >= 0.3 is 0 Å². The third kappa shape index (κ3) is 2.27. The fourth-order valence-corrected chi connectivity index (χ4v) is 3.16. The molecule has 0 spiro atoms. The maximum atomic E-state index is 4.90. The SMILES string of the molecule is Cc1cc(C2CCCCCC2)nc2ccccc12. The molecule has 1 aromatic heterocycles. The van der Waals surface area contributed by atoms with Crippen LogP contribution in [-0.4, -0.2) is 4.98 Å². The van der Waals surface area contributed by atoms with Crippen LogP contribution < -0.4 is 0 Å². The Labute approximate surface area is 109 Å². The van der Waals surface area contributed by atoms with Crippen molar-refractivity contribution in [2.24, 2.45) is 0 Å². The Hall–Kier alpha value is -1.37. The number of para-hydroxylation sites is 1. The Morgan fingerprint density at radius 3 is 2.50 bits per heavy atom. The van der Waals surface area contributed by atoms with Crippen LogP contribution in [0.3, 0.4) is 0 Å². The van der Waals surface area contributed by atoms with Crippen molar-refractivity contribution < 1.29 is 0 Å². The fraction of sp³-hybridized carbons (Fsp3) is 0.471. The van der Waals surface area contributed by atoms with E-state index in [2.05, 4.69) is 37.3 Å². The molecule has 1 aliphatic rings. The summed E-state index contributed by atoms with van der Waals surface area (Å²) in [7, 11) is 0. The maximum Gasteiger partial charge on any atom is 0.0708 e. The van der Waals surface area contributed by atoms with Crippen LogP contribution in [0.25, 0.3) is 10.9 Å². The molecular formula is C17H21N. The normalized spacial score (nSPS) is 17.8. The van der Waals surface area contributed by atoms with Crippen molar-refractivity contribution in [1.82, 2.24) is 4.98 Å². The summed E-state index contributed by atoms with van der Waals surface area (Å²) >= 11 is 0. The first-order valence-corrected chi connectivity index (χ1v) is 7.21. The zero-order chi connectivity index (χ0) is 12.4. The van der Waals surface area contributed by atoms with Crippen LogP contribution in [0.4, 0.5) is 0 Å². The lowest BCUT2D eigenvalue weighted by molar-refractivity contribution is 0.579. The first-order valence-electron chi connectivity index (χ1n) is 7.21. The Kier molecular flexibility index (Phi) is 3.31. The van der Waals surface area contributed by atoms with E-state index in [1.54, 1.807) is 0 Å². The van der Waals surface area contributed by atoms with Crippen molar-refractivity contribution in [1.29, 1.82) is 0 Å². The fourth-order valence-electron chi connectivity index (χ4n) is 3.16. The quantitative estimate of drug-likeness (QED) is 0.639. The molecule has 3 rings (SSSR count). The van der Waals surface area contributed by atoms with E-state index in [9.17, 15) is 0 Å². The third-order valence-electron chi connectivity index (χ3n) is 4.22. The van der Waals surface area contributed by atoms with E-state index >= 15 is 0 Å². The summed E-state index contributed by atoms with van der Waals surface area (Å²) in [6.07, 6.45) is 8.21. The molecule has 0 atom stereocenters. The molecule has 0 unspecified atom stereocenters. The number of pyridine rings is 1. The Bertz CT molecular complexity index is 536. The molecule has 0 saturated heterocycles. The van der Waals surface area contributed by atoms with Gasteiger partial charge in [-0.2, -0.15) is 0 Å². The van der Waals surface area contributed by atoms with Gasteiger partial charge in [-0.15, -0.1) is 0 Å². The van der Waals surface area contributed by atoms with E-state index < -0.39 is 0 Å². The maximum absolute atomic E-state index is 4.90. The van der Waals surface area contributed by atoms with Crippen molar-refractivity contribution >= 4 is 10.9 Å². The summed E-state index contributed by atoms with van der Waals surface area (Å²) in [5.41, 5.74) is 3.87. The van der Waals surface area contributed by atoms with Crippen LogP contribution in [0.1, 0.15) is 55.7 Å². The van der Waals surface area contributed by atoms with Gasteiger partial charge in [-0.3, -0.25) is 4.98 Å². The van der Waals surface area contributed by atoms with Gasteiger partial charge in [-0.25, -0.2) is 0 Å². The Morgan fingerprint density at radius 1 is 1.00 bits per heavy atom. The lowest BCUT2D eigenvalue weighted by Crippen LogP contribution is -2.01. The van der Waals surface area contributed by atoms with Gasteiger partial charge in [0.05, 0.1) is 5.52 Å². The predicted octanol–water partition coefficient (Wildman–Crippen LogP) is 4.98. The minimum Gasteiger partial charge on any atom is -0.253 e. The molecule has 1 heteroatoms. The number of nitrogens with zero attached hydrogens (tertiary/aromatic N) is 1. The highest BCUT2D eigenvalue weighted by Gasteiger charge is 2.16. The van der Waals surface area contributed by atoms with Crippen LogP contribution >= 0.6 is 0 Å². The van der Waals surface area contributed by atoms with Crippen molar-refractivity contribution in [2.45, 2.75) is 51.4 Å². The molecule has 1 fully saturated rings. The second-order valence-corrected chi connectivity index (χ2v) is 5.57. The lowest BCUT2D eigenvalue weighted by atomic mass is 9.94. The molecule has 1 nitrogen and oxygen atoms in total. The standard InChI is InChI=1S/C17H21N/c1-13-12-17(14-8-4-2-3-5-9-14)18-16-11-7-6-10-15(13)16/h6-7,10-12,14H,2-5,8-9H2,1H3. The van der Waals surface area contributed by atoms with E-state index in [0.717, 1.165) is 5.52 Å². The van der Waals surface area contributed by atoms with Crippen LogP contribution in [-0.2, 0) is 0 Å². The summed E-state index contributed by atoms with van der Waals surface area (Å²) < 4.78 is 0. The molecule has 0 aliphatic heterocycles. The number of hydrogen-bond donors (Lipinski definition) is 0. The molecule has 1 aliphatic carbocycles. The average Bonchev–Trinajstić information content (AvgIpc) is 2.67. The van der Waals surface area contributed by atoms with Gasteiger partial charge < -0.3 is 0 Å². The van der Waals surface area contributed by atoms with Crippen molar-refractivity contribution in [3.63, 3.8) is 0 Å². The zero-order valence-corrected chi connectivity index (χ0v) is 11.2. The summed E-state index contributed by atoms with van der Waals surface area (Å²) in [6.45, 7) is 2.21. The summed E-state index contributed by atoms with van der Waals surface area (Å²) in [6, 6.07) is 10.8. The first-order chi connectivity index (χ1) is 8.84. The predicted molar refractivity (Wildman–Crippen MR) is 76.9 cm³/mol. The summed E-state index contributed by atoms with van der Waals surface area (Å²) in [5, 5.41) is 1.30. The van der Waals surface area contributed by atoms with Crippen LogP contribution in [0, 0.1) is 6.92 Å². The van der Waals surface area contributed by atoms with E-state index in [-0.39, 0.29) is 0 Å². The van der Waals surface area contributed by atoms with Gasteiger partial charge in [0.1, 0.15) is 0 Å². The second kappa shape index (κ2) is 5.09. The largest absolute Gasteiger partial charge is 0.253 e. The molecule has 18 heavy (non-hydrogen) atoms.